The first-order chi connectivity index (χ1) is 12.6. The first-order valence-corrected chi connectivity index (χ1v) is 8.97. The standard InChI is InChI=1S/C18H19N3O4S/c1-25-15-5-3-2-4-12(15)8-13(17(23)24)10-20-16(22)9-14-11-26-18-19-6-7-21(14)18/h2-7,11,13H,8-10H2,1H3,(H,20,22)(H,23,24). The van der Waals surface area contributed by atoms with Crippen LogP contribution >= 0.6 is 11.3 Å². The molecule has 8 heteroatoms. The van der Waals surface area contributed by atoms with Crippen LogP contribution in [-0.4, -0.2) is 40.0 Å². The Kier molecular flexibility index (Phi) is 5.52. The first-order valence-electron chi connectivity index (χ1n) is 8.09. The molecular weight excluding hydrogens is 354 g/mol. The number of nitrogens with zero attached hydrogens (tertiary/aromatic N) is 2. The van der Waals surface area contributed by atoms with E-state index in [9.17, 15) is 14.7 Å². The molecule has 0 radical (unpaired) electrons. The van der Waals surface area contributed by atoms with E-state index in [0.29, 0.717) is 5.75 Å². The quantitative estimate of drug-likeness (QED) is 0.630. The summed E-state index contributed by atoms with van der Waals surface area (Å²) in [7, 11) is 1.55. The van der Waals surface area contributed by atoms with Crippen molar-refractivity contribution in [2.45, 2.75) is 12.8 Å². The molecule has 0 aliphatic carbocycles. The van der Waals surface area contributed by atoms with Gasteiger partial charge in [0.2, 0.25) is 5.91 Å². The lowest BCUT2D eigenvalue weighted by molar-refractivity contribution is -0.141. The maximum atomic E-state index is 12.2. The van der Waals surface area contributed by atoms with E-state index in [1.807, 2.05) is 28.0 Å². The fourth-order valence-corrected chi connectivity index (χ4v) is 3.60. The number of aromatic nitrogens is 2. The topological polar surface area (TPSA) is 92.9 Å². The largest absolute Gasteiger partial charge is 0.496 e. The van der Waals surface area contributed by atoms with Crippen molar-refractivity contribution in [2.75, 3.05) is 13.7 Å². The molecule has 2 heterocycles. The number of thiazole rings is 1. The molecule has 2 aromatic heterocycles. The van der Waals surface area contributed by atoms with Gasteiger partial charge >= 0.3 is 5.97 Å². The predicted octanol–water partition coefficient (Wildman–Crippen LogP) is 2.01. The molecule has 0 aliphatic rings. The van der Waals surface area contributed by atoms with Crippen molar-refractivity contribution < 1.29 is 19.4 Å². The highest BCUT2D eigenvalue weighted by Gasteiger charge is 2.21. The van der Waals surface area contributed by atoms with Crippen molar-refractivity contribution >= 4 is 28.2 Å². The van der Waals surface area contributed by atoms with Crippen LogP contribution in [-0.2, 0) is 22.4 Å². The molecule has 1 unspecified atom stereocenters. The van der Waals surface area contributed by atoms with Gasteiger partial charge in [0.25, 0.3) is 0 Å². The van der Waals surface area contributed by atoms with E-state index in [2.05, 4.69) is 10.3 Å². The second-order valence-electron chi connectivity index (χ2n) is 5.84. The van der Waals surface area contributed by atoms with Crippen LogP contribution in [0.15, 0.2) is 42.0 Å². The van der Waals surface area contributed by atoms with Crippen LogP contribution in [0.1, 0.15) is 11.3 Å². The lowest BCUT2D eigenvalue weighted by Crippen LogP contribution is -2.35. The number of carboxylic acid groups (broad SMARTS) is 1. The number of ether oxygens (including phenoxy) is 1. The van der Waals surface area contributed by atoms with Crippen LogP contribution in [0.2, 0.25) is 0 Å². The van der Waals surface area contributed by atoms with Crippen LogP contribution < -0.4 is 10.1 Å². The number of hydrogen-bond acceptors (Lipinski definition) is 5. The van der Waals surface area contributed by atoms with Crippen molar-refractivity contribution in [3.63, 3.8) is 0 Å². The molecule has 2 N–H and O–H groups in total. The molecule has 136 valence electrons. The summed E-state index contributed by atoms with van der Waals surface area (Å²) < 4.78 is 7.12. The smallest absolute Gasteiger partial charge is 0.308 e. The van der Waals surface area contributed by atoms with Gasteiger partial charge in [0.1, 0.15) is 5.75 Å². The highest BCUT2D eigenvalue weighted by Crippen LogP contribution is 2.21. The molecule has 1 amide bonds. The third-order valence-electron chi connectivity index (χ3n) is 4.11. The number of aliphatic carboxylic acids is 1. The van der Waals surface area contributed by atoms with Gasteiger partial charge < -0.3 is 15.2 Å². The Labute approximate surface area is 154 Å². The molecular formula is C18H19N3O4S. The monoisotopic (exact) mass is 373 g/mol. The third kappa shape index (κ3) is 4.02. The highest BCUT2D eigenvalue weighted by atomic mass is 32.1. The summed E-state index contributed by atoms with van der Waals surface area (Å²) in [6, 6.07) is 7.29. The molecule has 3 rings (SSSR count). The van der Waals surface area contributed by atoms with E-state index >= 15 is 0 Å². The second-order valence-corrected chi connectivity index (χ2v) is 6.68. The summed E-state index contributed by atoms with van der Waals surface area (Å²) in [5.41, 5.74) is 1.63. The zero-order chi connectivity index (χ0) is 18.5. The molecule has 3 aromatic rings. The number of benzene rings is 1. The van der Waals surface area contributed by atoms with E-state index < -0.39 is 11.9 Å². The van der Waals surface area contributed by atoms with E-state index in [1.54, 1.807) is 25.6 Å². The number of imidazole rings is 1. The van der Waals surface area contributed by atoms with Crippen molar-refractivity contribution in [1.29, 1.82) is 0 Å². The summed E-state index contributed by atoms with van der Waals surface area (Å²) >= 11 is 1.46. The first kappa shape index (κ1) is 17.9. The number of methoxy groups -OCH3 is 1. The number of carbonyl (C=O) groups excluding carboxylic acids is 1. The number of amides is 1. The molecule has 26 heavy (non-hydrogen) atoms. The summed E-state index contributed by atoms with van der Waals surface area (Å²) in [5, 5.41) is 14.1. The van der Waals surface area contributed by atoms with Gasteiger partial charge in [-0.1, -0.05) is 18.2 Å². The fraction of sp³-hybridized carbons (Fsp3) is 0.278. The average molecular weight is 373 g/mol. The van der Waals surface area contributed by atoms with Gasteiger partial charge in [-0.05, 0) is 18.1 Å². The molecule has 0 saturated carbocycles. The van der Waals surface area contributed by atoms with Gasteiger partial charge in [-0.3, -0.25) is 14.0 Å². The van der Waals surface area contributed by atoms with Crippen LogP contribution in [0.3, 0.4) is 0 Å². The van der Waals surface area contributed by atoms with Gasteiger partial charge in [-0.15, -0.1) is 11.3 Å². The number of fused-ring (bicyclic) bond motifs is 1. The molecule has 1 aromatic carbocycles. The Bertz CT molecular complexity index is 918. The Balaban J connectivity index is 1.60. The van der Waals surface area contributed by atoms with Gasteiger partial charge in [0, 0.05) is 30.0 Å². The number of carbonyl (C=O) groups is 2. The van der Waals surface area contributed by atoms with Crippen molar-refractivity contribution in [3.05, 3.63) is 53.3 Å². The number of nitrogens with one attached hydrogen (secondary N) is 1. The molecule has 0 bridgehead atoms. The number of rotatable bonds is 8. The normalized spacial score (nSPS) is 12.0. The molecule has 7 nitrogen and oxygen atoms in total. The van der Waals surface area contributed by atoms with Gasteiger partial charge in [-0.25, -0.2) is 4.98 Å². The lowest BCUT2D eigenvalue weighted by Gasteiger charge is -2.15. The van der Waals surface area contributed by atoms with Gasteiger partial charge in [-0.2, -0.15) is 0 Å². The van der Waals surface area contributed by atoms with Gasteiger partial charge in [0.05, 0.1) is 19.4 Å². The Morgan fingerprint density at radius 3 is 2.96 bits per heavy atom. The van der Waals surface area contributed by atoms with Crippen molar-refractivity contribution in [3.8, 4) is 5.75 Å². The van der Waals surface area contributed by atoms with Crippen molar-refractivity contribution in [2.24, 2.45) is 5.92 Å². The highest BCUT2D eigenvalue weighted by molar-refractivity contribution is 7.15. The molecule has 0 aliphatic heterocycles. The second kappa shape index (κ2) is 8.01. The fourth-order valence-electron chi connectivity index (χ4n) is 2.75. The Hall–Kier alpha value is -2.87. The molecule has 0 saturated heterocycles. The summed E-state index contributed by atoms with van der Waals surface area (Å²) in [6.45, 7) is 0.0590. The Morgan fingerprint density at radius 2 is 2.19 bits per heavy atom. The predicted molar refractivity (Wildman–Crippen MR) is 97.6 cm³/mol. The van der Waals surface area contributed by atoms with E-state index in [0.717, 1.165) is 16.2 Å². The number of hydrogen-bond donors (Lipinski definition) is 2. The number of carboxylic acids is 1. The van der Waals surface area contributed by atoms with Gasteiger partial charge in [0.15, 0.2) is 4.96 Å². The van der Waals surface area contributed by atoms with E-state index in [1.165, 1.54) is 11.3 Å². The minimum atomic E-state index is -0.955. The van der Waals surface area contributed by atoms with Crippen molar-refractivity contribution in [1.82, 2.24) is 14.7 Å². The minimum Gasteiger partial charge on any atom is -0.496 e. The summed E-state index contributed by atoms with van der Waals surface area (Å²) in [6.07, 6.45) is 3.94. The van der Waals surface area contributed by atoms with E-state index in [-0.39, 0.29) is 25.3 Å². The third-order valence-corrected chi connectivity index (χ3v) is 5.01. The maximum Gasteiger partial charge on any atom is 0.308 e. The van der Waals surface area contributed by atoms with Crippen LogP contribution in [0.5, 0.6) is 5.75 Å². The van der Waals surface area contributed by atoms with Crippen LogP contribution in [0.4, 0.5) is 0 Å². The zero-order valence-electron chi connectivity index (χ0n) is 14.2. The lowest BCUT2D eigenvalue weighted by atomic mass is 9.98. The maximum absolute atomic E-state index is 12.2. The van der Waals surface area contributed by atoms with Crippen LogP contribution in [0, 0.1) is 5.92 Å². The summed E-state index contributed by atoms with van der Waals surface area (Å²) in [4.78, 5) is 28.8. The zero-order valence-corrected chi connectivity index (χ0v) is 15.0. The average Bonchev–Trinajstić information content (AvgIpc) is 3.24. The van der Waals surface area contributed by atoms with E-state index in [4.69, 9.17) is 4.74 Å². The van der Waals surface area contributed by atoms with Crippen LogP contribution in [0.25, 0.3) is 4.96 Å². The SMILES string of the molecule is COc1ccccc1CC(CNC(=O)Cc1csc2nccn12)C(=O)O. The summed E-state index contributed by atoms with van der Waals surface area (Å²) in [5.74, 6) is -1.26. The Morgan fingerprint density at radius 1 is 1.38 bits per heavy atom. The molecule has 0 spiro atoms. The number of para-hydroxylation sites is 1. The minimum absolute atomic E-state index is 0.0590. The molecule has 0 fully saturated rings. The molecule has 1 atom stereocenters.